The van der Waals surface area contributed by atoms with Crippen molar-refractivity contribution in [1.82, 2.24) is 0 Å². The fourth-order valence-corrected chi connectivity index (χ4v) is 2.38. The molecule has 0 spiro atoms. The van der Waals surface area contributed by atoms with Gasteiger partial charge < -0.3 is 10.6 Å². The van der Waals surface area contributed by atoms with Crippen LogP contribution in [0.3, 0.4) is 0 Å². The number of nitrogens with zero attached hydrogens (tertiary/aromatic N) is 1. The van der Waals surface area contributed by atoms with Gasteiger partial charge in [0.1, 0.15) is 0 Å². The van der Waals surface area contributed by atoms with Crippen LogP contribution in [0.1, 0.15) is 25.3 Å². The van der Waals surface area contributed by atoms with E-state index in [2.05, 4.69) is 17.9 Å². The number of hydrogen-bond acceptors (Lipinski definition) is 2. The predicted octanol–water partition coefficient (Wildman–Crippen LogP) is 3.04. The first-order valence-electron chi connectivity index (χ1n) is 5.98. The first-order valence-corrected chi connectivity index (χ1v) is 6.36. The third-order valence-electron chi connectivity index (χ3n) is 3.16. The van der Waals surface area contributed by atoms with E-state index in [9.17, 15) is 0 Å². The van der Waals surface area contributed by atoms with E-state index in [1.807, 2.05) is 12.1 Å². The monoisotopic (exact) mass is 238 g/mol. The van der Waals surface area contributed by atoms with Crippen LogP contribution in [-0.2, 0) is 6.54 Å². The van der Waals surface area contributed by atoms with Crippen LogP contribution in [0.5, 0.6) is 0 Å². The van der Waals surface area contributed by atoms with Crippen LogP contribution < -0.4 is 10.6 Å². The average Bonchev–Trinajstić information content (AvgIpc) is 3.10. The van der Waals surface area contributed by atoms with Crippen molar-refractivity contribution in [3.05, 3.63) is 28.8 Å². The van der Waals surface area contributed by atoms with E-state index in [4.69, 9.17) is 17.3 Å². The molecule has 1 aliphatic carbocycles. The number of rotatable bonds is 5. The fraction of sp³-hybridized carbons (Fsp3) is 0.538. The molecule has 2 nitrogen and oxygen atoms in total. The first kappa shape index (κ1) is 11.7. The number of hydrogen-bond donors (Lipinski definition) is 1. The summed E-state index contributed by atoms with van der Waals surface area (Å²) in [5, 5.41) is 0.824. The van der Waals surface area contributed by atoms with Crippen molar-refractivity contribution in [1.29, 1.82) is 0 Å². The molecule has 0 atom stereocenters. The molecule has 0 amide bonds. The van der Waals surface area contributed by atoms with E-state index in [-0.39, 0.29) is 0 Å². The Morgan fingerprint density at radius 2 is 2.19 bits per heavy atom. The summed E-state index contributed by atoms with van der Waals surface area (Å²) >= 11 is 6.29. The number of halogens is 1. The van der Waals surface area contributed by atoms with Gasteiger partial charge in [-0.05, 0) is 37.3 Å². The molecule has 1 saturated carbocycles. The quantitative estimate of drug-likeness (QED) is 0.855. The molecule has 0 radical (unpaired) electrons. The van der Waals surface area contributed by atoms with Crippen molar-refractivity contribution >= 4 is 17.3 Å². The Kier molecular flexibility index (Phi) is 3.72. The number of anilines is 1. The largest absolute Gasteiger partial charge is 0.370 e. The maximum absolute atomic E-state index is 6.29. The Balaban J connectivity index is 2.26. The summed E-state index contributed by atoms with van der Waals surface area (Å²) in [5.41, 5.74) is 8.06. The maximum Gasteiger partial charge on any atom is 0.0642 e. The minimum atomic E-state index is 0.553. The maximum atomic E-state index is 6.29. The molecule has 0 bridgehead atoms. The Hall–Kier alpha value is -0.730. The van der Waals surface area contributed by atoms with E-state index in [1.165, 1.54) is 12.8 Å². The van der Waals surface area contributed by atoms with Gasteiger partial charge in [0.2, 0.25) is 0 Å². The summed E-state index contributed by atoms with van der Waals surface area (Å²) in [6, 6.07) is 5.99. The second-order valence-electron chi connectivity index (χ2n) is 4.43. The number of benzene rings is 1. The number of para-hydroxylation sites is 1. The molecule has 1 aromatic carbocycles. The topological polar surface area (TPSA) is 29.3 Å². The summed E-state index contributed by atoms with van der Waals surface area (Å²) < 4.78 is 0. The summed E-state index contributed by atoms with van der Waals surface area (Å²) in [5.74, 6) is 0.863. The van der Waals surface area contributed by atoms with E-state index in [0.29, 0.717) is 6.54 Å². The number of nitrogens with two attached hydrogens (primary N) is 1. The molecular formula is C13H19ClN2. The molecule has 1 aromatic rings. The highest BCUT2D eigenvalue weighted by Crippen LogP contribution is 2.35. The molecule has 0 heterocycles. The SMILES string of the molecule is CCN(CC1CC1)c1c(Cl)cccc1CN. The van der Waals surface area contributed by atoms with Crippen molar-refractivity contribution in [2.45, 2.75) is 26.3 Å². The zero-order chi connectivity index (χ0) is 11.5. The van der Waals surface area contributed by atoms with Crippen molar-refractivity contribution in [3.63, 3.8) is 0 Å². The smallest absolute Gasteiger partial charge is 0.0642 e. The zero-order valence-electron chi connectivity index (χ0n) is 9.75. The summed E-state index contributed by atoms with van der Waals surface area (Å²) in [6.07, 6.45) is 2.72. The zero-order valence-corrected chi connectivity index (χ0v) is 10.5. The molecule has 1 aliphatic rings. The van der Waals surface area contributed by atoms with Gasteiger partial charge in [-0.2, -0.15) is 0 Å². The third-order valence-corrected chi connectivity index (χ3v) is 3.47. The highest BCUT2D eigenvalue weighted by molar-refractivity contribution is 6.33. The second-order valence-corrected chi connectivity index (χ2v) is 4.84. The van der Waals surface area contributed by atoms with E-state index in [1.54, 1.807) is 0 Å². The van der Waals surface area contributed by atoms with Gasteiger partial charge >= 0.3 is 0 Å². The lowest BCUT2D eigenvalue weighted by Crippen LogP contribution is -2.27. The van der Waals surface area contributed by atoms with Crippen molar-refractivity contribution in [2.24, 2.45) is 11.7 Å². The Morgan fingerprint density at radius 1 is 1.44 bits per heavy atom. The van der Waals surface area contributed by atoms with Crippen LogP contribution in [0.25, 0.3) is 0 Å². The van der Waals surface area contributed by atoms with Gasteiger partial charge in [0, 0.05) is 19.6 Å². The minimum Gasteiger partial charge on any atom is -0.370 e. The molecule has 1 fully saturated rings. The summed E-state index contributed by atoms with van der Waals surface area (Å²) in [6.45, 7) is 4.84. The Morgan fingerprint density at radius 3 is 2.75 bits per heavy atom. The molecule has 2 N–H and O–H groups in total. The third kappa shape index (κ3) is 2.50. The van der Waals surface area contributed by atoms with Crippen LogP contribution in [0.15, 0.2) is 18.2 Å². The second kappa shape index (κ2) is 5.07. The van der Waals surface area contributed by atoms with Crippen LogP contribution in [0.4, 0.5) is 5.69 Å². The van der Waals surface area contributed by atoms with Gasteiger partial charge in [0.05, 0.1) is 10.7 Å². The van der Waals surface area contributed by atoms with Crippen molar-refractivity contribution in [3.8, 4) is 0 Å². The molecule has 16 heavy (non-hydrogen) atoms. The fourth-order valence-electron chi connectivity index (χ4n) is 2.07. The highest BCUT2D eigenvalue weighted by Gasteiger charge is 2.25. The molecule has 0 unspecified atom stereocenters. The van der Waals surface area contributed by atoms with Crippen molar-refractivity contribution < 1.29 is 0 Å². The molecule has 0 aromatic heterocycles. The molecule has 88 valence electrons. The van der Waals surface area contributed by atoms with Gasteiger partial charge in [-0.25, -0.2) is 0 Å². The van der Waals surface area contributed by atoms with Gasteiger partial charge in [0.25, 0.3) is 0 Å². The lowest BCUT2D eigenvalue weighted by atomic mass is 10.1. The van der Waals surface area contributed by atoms with E-state index < -0.39 is 0 Å². The standard InChI is InChI=1S/C13H19ClN2/c1-2-16(9-10-6-7-10)13-11(8-15)4-3-5-12(13)14/h3-5,10H,2,6-9,15H2,1H3. The minimum absolute atomic E-state index is 0.553. The van der Waals surface area contributed by atoms with Gasteiger partial charge in [0.15, 0.2) is 0 Å². The Labute approximate surface area is 102 Å². The Bertz CT molecular complexity index is 361. The molecule has 0 saturated heterocycles. The molecule has 0 aliphatic heterocycles. The van der Waals surface area contributed by atoms with Crippen LogP contribution in [0.2, 0.25) is 5.02 Å². The first-order chi connectivity index (χ1) is 7.76. The van der Waals surface area contributed by atoms with Gasteiger partial charge in [-0.15, -0.1) is 0 Å². The summed E-state index contributed by atoms with van der Waals surface area (Å²) in [7, 11) is 0. The highest BCUT2D eigenvalue weighted by atomic mass is 35.5. The molecule has 2 rings (SSSR count). The molecule has 3 heteroatoms. The van der Waals surface area contributed by atoms with Crippen LogP contribution >= 0.6 is 11.6 Å². The van der Waals surface area contributed by atoms with E-state index in [0.717, 1.165) is 35.3 Å². The lowest BCUT2D eigenvalue weighted by Gasteiger charge is -2.26. The lowest BCUT2D eigenvalue weighted by molar-refractivity contribution is 0.737. The van der Waals surface area contributed by atoms with E-state index >= 15 is 0 Å². The van der Waals surface area contributed by atoms with Crippen LogP contribution in [-0.4, -0.2) is 13.1 Å². The van der Waals surface area contributed by atoms with Gasteiger partial charge in [-0.1, -0.05) is 23.7 Å². The normalized spacial score (nSPS) is 15.2. The van der Waals surface area contributed by atoms with Crippen LogP contribution in [0, 0.1) is 5.92 Å². The average molecular weight is 239 g/mol. The predicted molar refractivity (Wildman–Crippen MR) is 70.0 cm³/mol. The summed E-state index contributed by atoms with van der Waals surface area (Å²) in [4.78, 5) is 2.36. The van der Waals surface area contributed by atoms with Gasteiger partial charge in [-0.3, -0.25) is 0 Å². The molecular weight excluding hydrogens is 220 g/mol. The van der Waals surface area contributed by atoms with Crippen molar-refractivity contribution in [2.75, 3.05) is 18.0 Å².